The molecule has 2 heterocycles. The van der Waals surface area contributed by atoms with Gasteiger partial charge in [0.15, 0.2) is 0 Å². The Hall–Kier alpha value is -0.350. The third kappa shape index (κ3) is 2.06. The minimum atomic E-state index is 0.509. The summed E-state index contributed by atoms with van der Waals surface area (Å²) in [5, 5.41) is 0.509. The van der Waals surface area contributed by atoms with Crippen LogP contribution < -0.4 is 4.90 Å². The topological polar surface area (TPSA) is 29.0 Å². The molecule has 0 spiro atoms. The largest absolute Gasteiger partial charge is 0.352 e. The highest BCUT2D eigenvalue weighted by molar-refractivity contribution is 9.10. The molecular weight excluding hydrogens is 302 g/mol. The number of rotatable bonds is 1. The van der Waals surface area contributed by atoms with Crippen LogP contribution in [0.3, 0.4) is 0 Å². The molecule has 1 saturated carbocycles. The van der Waals surface area contributed by atoms with Crippen LogP contribution in [-0.4, -0.2) is 22.6 Å². The maximum Gasteiger partial charge on any atom is 0.148 e. The molecular formula is C12H15BrClN3. The van der Waals surface area contributed by atoms with E-state index >= 15 is 0 Å². The van der Waals surface area contributed by atoms with Gasteiger partial charge in [-0.3, -0.25) is 0 Å². The fourth-order valence-electron chi connectivity index (χ4n) is 3.21. The van der Waals surface area contributed by atoms with Gasteiger partial charge in [-0.15, -0.1) is 0 Å². The average Bonchev–Trinajstić information content (AvgIpc) is 2.77. The Morgan fingerprint density at radius 1 is 1.24 bits per heavy atom. The van der Waals surface area contributed by atoms with Crippen molar-refractivity contribution >= 4 is 33.3 Å². The summed E-state index contributed by atoms with van der Waals surface area (Å²) in [4.78, 5) is 10.8. The SMILES string of the molecule is Clc1ncnc(N2CCC3CCCCC32)c1Br. The number of hydrogen-bond donors (Lipinski definition) is 0. The molecule has 0 N–H and O–H groups in total. The molecule has 1 aromatic rings. The number of anilines is 1. The molecule has 1 aromatic heterocycles. The molecule has 92 valence electrons. The van der Waals surface area contributed by atoms with Crippen molar-refractivity contribution < 1.29 is 0 Å². The standard InChI is InChI=1S/C12H15BrClN3/c13-10-11(14)15-7-16-12(10)17-6-5-8-3-1-2-4-9(8)17/h7-9H,1-6H2. The van der Waals surface area contributed by atoms with E-state index in [0.29, 0.717) is 11.2 Å². The van der Waals surface area contributed by atoms with Crippen LogP contribution in [0.15, 0.2) is 10.8 Å². The molecule has 2 unspecified atom stereocenters. The lowest BCUT2D eigenvalue weighted by Crippen LogP contribution is -2.35. The zero-order valence-electron chi connectivity index (χ0n) is 9.57. The molecule has 3 nitrogen and oxygen atoms in total. The number of fused-ring (bicyclic) bond motifs is 1. The highest BCUT2D eigenvalue weighted by Crippen LogP contribution is 2.41. The van der Waals surface area contributed by atoms with Crippen molar-refractivity contribution in [2.45, 2.75) is 38.1 Å². The van der Waals surface area contributed by atoms with Gasteiger partial charge < -0.3 is 4.90 Å². The van der Waals surface area contributed by atoms with E-state index in [-0.39, 0.29) is 0 Å². The fourth-order valence-corrected chi connectivity index (χ4v) is 3.77. The maximum atomic E-state index is 6.04. The molecule has 0 amide bonds. The van der Waals surface area contributed by atoms with Crippen LogP contribution in [-0.2, 0) is 0 Å². The lowest BCUT2D eigenvalue weighted by atomic mass is 9.85. The van der Waals surface area contributed by atoms with Crippen LogP contribution in [0.4, 0.5) is 5.82 Å². The van der Waals surface area contributed by atoms with Crippen molar-refractivity contribution in [1.29, 1.82) is 0 Å². The number of halogens is 2. The van der Waals surface area contributed by atoms with Gasteiger partial charge in [-0.2, -0.15) is 0 Å². The molecule has 17 heavy (non-hydrogen) atoms. The van der Waals surface area contributed by atoms with E-state index in [1.165, 1.54) is 32.1 Å². The minimum Gasteiger partial charge on any atom is -0.352 e. The fraction of sp³-hybridized carbons (Fsp3) is 0.667. The molecule has 2 fully saturated rings. The van der Waals surface area contributed by atoms with Gasteiger partial charge in [-0.05, 0) is 41.1 Å². The Balaban J connectivity index is 1.91. The summed E-state index contributed by atoms with van der Waals surface area (Å²) in [6.07, 6.45) is 8.24. The lowest BCUT2D eigenvalue weighted by molar-refractivity contribution is 0.341. The third-order valence-electron chi connectivity index (χ3n) is 4.01. The van der Waals surface area contributed by atoms with Gasteiger partial charge in [0.2, 0.25) is 0 Å². The van der Waals surface area contributed by atoms with Gasteiger partial charge >= 0.3 is 0 Å². The molecule has 0 radical (unpaired) electrons. The first-order chi connectivity index (χ1) is 8.27. The van der Waals surface area contributed by atoms with E-state index in [0.717, 1.165) is 22.8 Å². The summed E-state index contributed by atoms with van der Waals surface area (Å²) < 4.78 is 0.841. The molecule has 1 aliphatic carbocycles. The van der Waals surface area contributed by atoms with Crippen LogP contribution in [0.2, 0.25) is 5.15 Å². The van der Waals surface area contributed by atoms with Crippen LogP contribution in [0.25, 0.3) is 0 Å². The van der Waals surface area contributed by atoms with Gasteiger partial charge in [0, 0.05) is 12.6 Å². The second-order valence-electron chi connectivity index (χ2n) is 4.90. The van der Waals surface area contributed by atoms with Crippen molar-refractivity contribution in [3.63, 3.8) is 0 Å². The average molecular weight is 317 g/mol. The zero-order chi connectivity index (χ0) is 11.8. The van der Waals surface area contributed by atoms with Gasteiger partial charge in [0.1, 0.15) is 17.3 Å². The van der Waals surface area contributed by atoms with Gasteiger partial charge in [0.25, 0.3) is 0 Å². The molecule has 2 atom stereocenters. The molecule has 3 rings (SSSR count). The second kappa shape index (κ2) is 4.73. The molecule has 2 aliphatic rings. The minimum absolute atomic E-state index is 0.509. The number of aromatic nitrogens is 2. The first kappa shape index (κ1) is 11.7. The summed E-state index contributed by atoms with van der Waals surface area (Å²) in [7, 11) is 0. The van der Waals surface area contributed by atoms with Gasteiger partial charge in [0.05, 0.1) is 4.47 Å². The molecule has 1 aliphatic heterocycles. The van der Waals surface area contributed by atoms with Crippen molar-refractivity contribution in [1.82, 2.24) is 9.97 Å². The van der Waals surface area contributed by atoms with Crippen molar-refractivity contribution in [3.05, 3.63) is 16.0 Å². The Bertz CT molecular complexity index is 426. The summed E-state index contributed by atoms with van der Waals surface area (Å²) in [6.45, 7) is 1.10. The molecule has 0 bridgehead atoms. The molecule has 5 heteroatoms. The van der Waals surface area contributed by atoms with Crippen LogP contribution in [0, 0.1) is 5.92 Å². The number of nitrogens with zero attached hydrogens (tertiary/aromatic N) is 3. The van der Waals surface area contributed by atoms with E-state index in [1.807, 2.05) is 0 Å². The smallest absolute Gasteiger partial charge is 0.148 e. The summed E-state index contributed by atoms with van der Waals surface area (Å²) >= 11 is 9.55. The van der Waals surface area contributed by atoms with Crippen molar-refractivity contribution in [2.75, 3.05) is 11.4 Å². The Kier molecular flexibility index (Phi) is 3.26. The van der Waals surface area contributed by atoms with Crippen molar-refractivity contribution in [2.24, 2.45) is 5.92 Å². The van der Waals surface area contributed by atoms with E-state index in [1.54, 1.807) is 6.33 Å². The van der Waals surface area contributed by atoms with Crippen LogP contribution in [0.5, 0.6) is 0 Å². The first-order valence-electron chi connectivity index (χ1n) is 6.20. The van der Waals surface area contributed by atoms with Gasteiger partial charge in [-0.25, -0.2) is 9.97 Å². The normalized spacial score (nSPS) is 28.2. The zero-order valence-corrected chi connectivity index (χ0v) is 11.9. The maximum absolute atomic E-state index is 6.04. The highest BCUT2D eigenvalue weighted by atomic mass is 79.9. The van der Waals surface area contributed by atoms with E-state index in [4.69, 9.17) is 11.6 Å². The lowest BCUT2D eigenvalue weighted by Gasteiger charge is -2.32. The van der Waals surface area contributed by atoms with E-state index < -0.39 is 0 Å². The Morgan fingerprint density at radius 3 is 2.94 bits per heavy atom. The van der Waals surface area contributed by atoms with Gasteiger partial charge in [-0.1, -0.05) is 24.4 Å². The van der Waals surface area contributed by atoms with Crippen LogP contribution >= 0.6 is 27.5 Å². The van der Waals surface area contributed by atoms with Crippen LogP contribution in [0.1, 0.15) is 32.1 Å². The third-order valence-corrected chi connectivity index (χ3v) is 5.26. The highest BCUT2D eigenvalue weighted by Gasteiger charge is 2.37. The van der Waals surface area contributed by atoms with E-state index in [2.05, 4.69) is 30.8 Å². The second-order valence-corrected chi connectivity index (χ2v) is 6.05. The monoisotopic (exact) mass is 315 g/mol. The Labute approximate surface area is 115 Å². The van der Waals surface area contributed by atoms with E-state index in [9.17, 15) is 0 Å². The summed E-state index contributed by atoms with van der Waals surface area (Å²) in [6, 6.07) is 0.658. The Morgan fingerprint density at radius 2 is 2.06 bits per heavy atom. The predicted octanol–water partition coefficient (Wildman–Crippen LogP) is 3.66. The summed E-state index contributed by atoms with van der Waals surface area (Å²) in [5.74, 6) is 1.82. The predicted molar refractivity (Wildman–Crippen MR) is 72.5 cm³/mol. The van der Waals surface area contributed by atoms with Crippen molar-refractivity contribution in [3.8, 4) is 0 Å². The molecule has 1 saturated heterocycles. The quantitative estimate of drug-likeness (QED) is 0.740. The summed E-state index contributed by atoms with van der Waals surface area (Å²) in [5.41, 5.74) is 0. The molecule has 0 aromatic carbocycles. The first-order valence-corrected chi connectivity index (χ1v) is 7.37. The number of hydrogen-bond acceptors (Lipinski definition) is 3.